The van der Waals surface area contributed by atoms with Crippen LogP contribution in [0.15, 0.2) is 45.1 Å². The van der Waals surface area contributed by atoms with E-state index in [1.54, 1.807) is 12.1 Å². The summed E-state index contributed by atoms with van der Waals surface area (Å²) >= 11 is 0. The Morgan fingerprint density at radius 2 is 2.38 bits per heavy atom. The lowest BCUT2D eigenvalue weighted by molar-refractivity contribution is 0.563. The fourth-order valence-electron chi connectivity index (χ4n) is 1.25. The number of nitrogens with one attached hydrogen (secondary N) is 1. The minimum Gasteiger partial charge on any atom is -0.462 e. The Hall–Kier alpha value is -2.37. The van der Waals surface area contributed by atoms with E-state index in [-0.39, 0.29) is 12.2 Å². The van der Waals surface area contributed by atoms with Crippen LogP contribution in [0.3, 0.4) is 0 Å². The van der Waals surface area contributed by atoms with Crippen LogP contribution in [0.25, 0.3) is 11.5 Å². The zero-order valence-electron chi connectivity index (χ0n) is 8.34. The van der Waals surface area contributed by atoms with Crippen molar-refractivity contribution in [1.82, 2.24) is 14.8 Å². The Labute approximate surface area is 89.8 Å². The number of nitrogens with zero attached hydrogens (tertiary/aromatic N) is 2. The predicted molar refractivity (Wildman–Crippen MR) is 57.0 cm³/mol. The van der Waals surface area contributed by atoms with E-state index in [4.69, 9.17) is 4.42 Å². The van der Waals surface area contributed by atoms with Gasteiger partial charge in [0.05, 0.1) is 12.8 Å². The van der Waals surface area contributed by atoms with Crippen molar-refractivity contribution in [2.24, 2.45) is 0 Å². The Balaban J connectivity index is 2.63. The average Bonchev–Trinajstić information content (AvgIpc) is 2.75. The standard InChI is InChI=1S/C10H9N3O3/c1-2-5-13-10(15)11-9(14)8(12-13)7-4-3-6-16-7/h2-4,6H,1,5H2,(H,11,14,15). The van der Waals surface area contributed by atoms with Crippen molar-refractivity contribution in [3.05, 3.63) is 51.9 Å². The minimum atomic E-state index is -0.569. The highest BCUT2D eigenvalue weighted by Crippen LogP contribution is 2.11. The van der Waals surface area contributed by atoms with Gasteiger partial charge in [-0.2, -0.15) is 5.10 Å². The van der Waals surface area contributed by atoms with Crippen molar-refractivity contribution in [2.75, 3.05) is 0 Å². The molecule has 0 aliphatic heterocycles. The van der Waals surface area contributed by atoms with Crippen molar-refractivity contribution < 1.29 is 4.42 Å². The van der Waals surface area contributed by atoms with Crippen LogP contribution in [0.2, 0.25) is 0 Å². The van der Waals surface area contributed by atoms with Crippen molar-refractivity contribution in [3.8, 4) is 11.5 Å². The third-order valence-corrected chi connectivity index (χ3v) is 1.95. The molecule has 0 spiro atoms. The molecule has 0 aromatic carbocycles. The quantitative estimate of drug-likeness (QED) is 0.756. The van der Waals surface area contributed by atoms with Gasteiger partial charge in [-0.15, -0.1) is 6.58 Å². The van der Waals surface area contributed by atoms with Crippen molar-refractivity contribution in [3.63, 3.8) is 0 Å². The van der Waals surface area contributed by atoms with Crippen LogP contribution in [-0.2, 0) is 6.54 Å². The molecule has 1 N–H and O–H groups in total. The number of furan rings is 1. The molecule has 0 unspecified atom stereocenters. The molecular weight excluding hydrogens is 210 g/mol. The molecule has 16 heavy (non-hydrogen) atoms. The fourth-order valence-corrected chi connectivity index (χ4v) is 1.25. The second kappa shape index (κ2) is 4.01. The maximum atomic E-state index is 11.5. The van der Waals surface area contributed by atoms with E-state index < -0.39 is 11.2 Å². The molecule has 0 radical (unpaired) electrons. The highest BCUT2D eigenvalue weighted by molar-refractivity contribution is 5.48. The molecular formula is C10H9N3O3. The Morgan fingerprint density at radius 1 is 1.56 bits per heavy atom. The SMILES string of the molecule is C=CCn1nc(-c2ccco2)c(=O)[nH]c1=O. The van der Waals surface area contributed by atoms with Gasteiger partial charge in [0.1, 0.15) is 0 Å². The molecule has 6 nitrogen and oxygen atoms in total. The second-order valence-electron chi connectivity index (χ2n) is 3.06. The summed E-state index contributed by atoms with van der Waals surface area (Å²) in [4.78, 5) is 25.0. The summed E-state index contributed by atoms with van der Waals surface area (Å²) in [5, 5.41) is 3.90. The van der Waals surface area contributed by atoms with E-state index in [0.717, 1.165) is 4.68 Å². The van der Waals surface area contributed by atoms with Gasteiger partial charge in [-0.1, -0.05) is 6.08 Å². The molecule has 2 aromatic rings. The second-order valence-corrected chi connectivity index (χ2v) is 3.06. The van der Waals surface area contributed by atoms with Gasteiger partial charge in [0.2, 0.25) is 0 Å². The number of hydrogen-bond acceptors (Lipinski definition) is 4. The third-order valence-electron chi connectivity index (χ3n) is 1.95. The van der Waals surface area contributed by atoms with Gasteiger partial charge in [-0.05, 0) is 12.1 Å². The summed E-state index contributed by atoms with van der Waals surface area (Å²) in [5.74, 6) is 0.319. The maximum absolute atomic E-state index is 11.5. The molecule has 0 aliphatic rings. The summed E-state index contributed by atoms with van der Waals surface area (Å²) in [6, 6.07) is 3.24. The molecule has 0 amide bonds. The molecule has 0 atom stereocenters. The van der Waals surface area contributed by atoms with Gasteiger partial charge in [0.25, 0.3) is 5.56 Å². The highest BCUT2D eigenvalue weighted by Gasteiger charge is 2.10. The summed E-state index contributed by atoms with van der Waals surface area (Å²) in [6.45, 7) is 3.72. The Kier molecular flexibility index (Phi) is 2.55. The lowest BCUT2D eigenvalue weighted by Gasteiger charge is -2.01. The van der Waals surface area contributed by atoms with Gasteiger partial charge >= 0.3 is 5.69 Å². The van der Waals surface area contributed by atoms with E-state index in [0.29, 0.717) is 5.76 Å². The lowest BCUT2D eigenvalue weighted by atomic mass is 10.3. The number of rotatable bonds is 3. The monoisotopic (exact) mass is 219 g/mol. The van der Waals surface area contributed by atoms with Crippen LogP contribution in [0, 0.1) is 0 Å². The summed E-state index contributed by atoms with van der Waals surface area (Å²) in [7, 11) is 0. The average molecular weight is 219 g/mol. The number of aromatic nitrogens is 3. The van der Waals surface area contributed by atoms with E-state index in [1.165, 1.54) is 12.3 Å². The normalized spacial score (nSPS) is 10.2. The first kappa shape index (κ1) is 10.2. The molecule has 0 fully saturated rings. The molecule has 0 saturated carbocycles. The van der Waals surface area contributed by atoms with Crippen LogP contribution >= 0.6 is 0 Å². The summed E-state index contributed by atoms with van der Waals surface area (Å²) < 4.78 is 6.15. The van der Waals surface area contributed by atoms with Gasteiger partial charge in [0, 0.05) is 0 Å². The van der Waals surface area contributed by atoms with E-state index >= 15 is 0 Å². The van der Waals surface area contributed by atoms with Crippen LogP contribution in [0.4, 0.5) is 0 Å². The smallest absolute Gasteiger partial charge is 0.345 e. The lowest BCUT2D eigenvalue weighted by Crippen LogP contribution is -2.33. The molecule has 2 aromatic heterocycles. The van der Waals surface area contributed by atoms with Crippen LogP contribution < -0.4 is 11.2 Å². The Bertz CT molecular complexity index is 607. The third kappa shape index (κ3) is 1.72. The summed E-state index contributed by atoms with van der Waals surface area (Å²) in [6.07, 6.45) is 2.94. The molecule has 0 saturated heterocycles. The first-order valence-corrected chi connectivity index (χ1v) is 4.58. The number of hydrogen-bond donors (Lipinski definition) is 1. The number of H-pyrrole nitrogens is 1. The molecule has 2 heterocycles. The van der Waals surface area contributed by atoms with Crippen molar-refractivity contribution in [1.29, 1.82) is 0 Å². The van der Waals surface area contributed by atoms with E-state index in [2.05, 4.69) is 16.7 Å². The largest absolute Gasteiger partial charge is 0.462 e. The van der Waals surface area contributed by atoms with Gasteiger partial charge in [-0.25, -0.2) is 9.48 Å². The number of allylic oxidation sites excluding steroid dienone is 1. The van der Waals surface area contributed by atoms with Gasteiger partial charge in [0.15, 0.2) is 11.5 Å². The molecule has 2 rings (SSSR count). The minimum absolute atomic E-state index is 0.0754. The molecule has 6 heteroatoms. The fraction of sp³-hybridized carbons (Fsp3) is 0.100. The van der Waals surface area contributed by atoms with Gasteiger partial charge < -0.3 is 4.42 Å². The zero-order valence-corrected chi connectivity index (χ0v) is 8.34. The molecule has 82 valence electrons. The van der Waals surface area contributed by atoms with Crippen molar-refractivity contribution in [2.45, 2.75) is 6.54 Å². The maximum Gasteiger partial charge on any atom is 0.345 e. The van der Waals surface area contributed by atoms with E-state index in [1.807, 2.05) is 0 Å². The first-order valence-electron chi connectivity index (χ1n) is 4.58. The van der Waals surface area contributed by atoms with Crippen LogP contribution in [-0.4, -0.2) is 14.8 Å². The highest BCUT2D eigenvalue weighted by atomic mass is 16.3. The van der Waals surface area contributed by atoms with Gasteiger partial charge in [-0.3, -0.25) is 9.78 Å². The Morgan fingerprint density at radius 3 is 3.00 bits per heavy atom. The van der Waals surface area contributed by atoms with Crippen LogP contribution in [0.1, 0.15) is 0 Å². The number of aromatic amines is 1. The first-order chi connectivity index (χ1) is 7.72. The van der Waals surface area contributed by atoms with E-state index in [9.17, 15) is 9.59 Å². The summed E-state index contributed by atoms with van der Waals surface area (Å²) in [5.41, 5.74) is -1.06. The molecule has 0 bridgehead atoms. The zero-order chi connectivity index (χ0) is 11.5. The van der Waals surface area contributed by atoms with Crippen molar-refractivity contribution >= 4 is 0 Å². The van der Waals surface area contributed by atoms with Crippen LogP contribution in [0.5, 0.6) is 0 Å². The predicted octanol–water partition coefficient (Wildman–Crippen LogP) is 0.378. The topological polar surface area (TPSA) is 80.9 Å². The molecule has 0 aliphatic carbocycles.